The van der Waals surface area contributed by atoms with Crippen molar-refractivity contribution >= 4 is 16.8 Å². The van der Waals surface area contributed by atoms with Crippen LogP contribution in [-0.4, -0.2) is 48.6 Å². The van der Waals surface area contributed by atoms with Crippen molar-refractivity contribution in [3.05, 3.63) is 30.0 Å². The van der Waals surface area contributed by atoms with Gasteiger partial charge in [0.05, 0.1) is 7.11 Å². The highest BCUT2D eigenvalue weighted by atomic mass is 16.5. The van der Waals surface area contributed by atoms with Gasteiger partial charge in [0, 0.05) is 36.6 Å². The van der Waals surface area contributed by atoms with Gasteiger partial charge in [-0.15, -0.1) is 0 Å². The summed E-state index contributed by atoms with van der Waals surface area (Å²) in [7, 11) is 1.64. The third-order valence-corrected chi connectivity index (χ3v) is 4.93. The number of nitrogens with zero attached hydrogens (tertiary/aromatic N) is 1. The summed E-state index contributed by atoms with van der Waals surface area (Å²) in [6.45, 7) is 9.84. The highest BCUT2D eigenvalue weighted by Gasteiger charge is 2.23. The normalized spacial score (nSPS) is 22.7. The minimum Gasteiger partial charge on any atom is -0.497 e. The van der Waals surface area contributed by atoms with Crippen LogP contribution in [-0.2, 0) is 0 Å². The summed E-state index contributed by atoms with van der Waals surface area (Å²) in [5.74, 6) is 2.20. The second kappa shape index (κ2) is 7.48. The molecule has 1 aliphatic heterocycles. The van der Waals surface area contributed by atoms with E-state index in [4.69, 9.17) is 4.74 Å². The summed E-state index contributed by atoms with van der Waals surface area (Å²) in [6.07, 6.45) is 1.30. The maximum absolute atomic E-state index is 12.6. The fraction of sp³-hybridized carbons (Fsp3) is 0.550. The first-order valence-corrected chi connectivity index (χ1v) is 9.14. The van der Waals surface area contributed by atoms with Gasteiger partial charge in [-0.3, -0.25) is 4.79 Å². The summed E-state index contributed by atoms with van der Waals surface area (Å²) in [5.41, 5.74) is 1.53. The summed E-state index contributed by atoms with van der Waals surface area (Å²) >= 11 is 0. The summed E-state index contributed by atoms with van der Waals surface area (Å²) in [5, 5.41) is 4.10. The van der Waals surface area contributed by atoms with E-state index in [9.17, 15) is 4.79 Å². The van der Waals surface area contributed by atoms with Crippen LogP contribution in [0.1, 0.15) is 37.7 Å². The van der Waals surface area contributed by atoms with Crippen LogP contribution >= 0.6 is 0 Å². The van der Waals surface area contributed by atoms with Crippen molar-refractivity contribution in [1.82, 2.24) is 15.2 Å². The molecule has 0 saturated carbocycles. The monoisotopic (exact) mass is 343 g/mol. The van der Waals surface area contributed by atoms with E-state index in [0.29, 0.717) is 5.69 Å². The number of likely N-dealkylation sites (tertiary alicyclic amines) is 1. The molecule has 1 amide bonds. The number of benzene rings is 1. The lowest BCUT2D eigenvalue weighted by atomic mass is 9.92. The molecule has 0 radical (unpaired) electrons. The maximum Gasteiger partial charge on any atom is 0.267 e. The van der Waals surface area contributed by atoms with Crippen molar-refractivity contribution in [2.24, 2.45) is 11.8 Å². The average molecular weight is 343 g/mol. The van der Waals surface area contributed by atoms with Crippen LogP contribution in [0.15, 0.2) is 24.3 Å². The van der Waals surface area contributed by atoms with E-state index in [-0.39, 0.29) is 11.9 Å². The molecule has 25 heavy (non-hydrogen) atoms. The van der Waals surface area contributed by atoms with Gasteiger partial charge in [-0.05, 0) is 49.4 Å². The van der Waals surface area contributed by atoms with Crippen molar-refractivity contribution in [3.8, 4) is 5.75 Å². The fourth-order valence-corrected chi connectivity index (χ4v) is 4.04. The molecule has 1 aromatic heterocycles. The third-order valence-electron chi connectivity index (χ3n) is 4.93. The number of rotatable bonds is 5. The SMILES string of the molecule is COc1ccc2[nH]c(C(=O)N[C@@H](C)CN3C[C@H](C)C[C@H](C)C3)cc2c1. The van der Waals surface area contributed by atoms with E-state index in [2.05, 4.69) is 36.0 Å². The second-order valence-corrected chi connectivity index (χ2v) is 7.68. The smallest absolute Gasteiger partial charge is 0.267 e. The molecule has 2 aromatic rings. The number of aromatic nitrogens is 1. The van der Waals surface area contributed by atoms with Crippen molar-refractivity contribution in [2.75, 3.05) is 26.7 Å². The molecule has 136 valence electrons. The lowest BCUT2D eigenvalue weighted by Gasteiger charge is -2.36. The number of hydrogen-bond acceptors (Lipinski definition) is 3. The molecule has 1 fully saturated rings. The van der Waals surface area contributed by atoms with Crippen molar-refractivity contribution < 1.29 is 9.53 Å². The Labute approximate surface area is 149 Å². The third kappa shape index (κ3) is 4.34. The topological polar surface area (TPSA) is 57.4 Å². The van der Waals surface area contributed by atoms with Crippen molar-refractivity contribution in [2.45, 2.75) is 33.2 Å². The number of aromatic amines is 1. The maximum atomic E-state index is 12.6. The Morgan fingerprint density at radius 2 is 2.04 bits per heavy atom. The molecule has 1 aromatic carbocycles. The number of carbonyl (C=O) groups excluding carboxylic acids is 1. The molecular weight excluding hydrogens is 314 g/mol. The minimum atomic E-state index is -0.0548. The molecule has 3 rings (SSSR count). The number of nitrogens with one attached hydrogen (secondary N) is 2. The number of piperidine rings is 1. The minimum absolute atomic E-state index is 0.0548. The first kappa shape index (κ1) is 17.8. The van der Waals surface area contributed by atoms with E-state index in [1.807, 2.05) is 24.3 Å². The van der Waals surface area contributed by atoms with Gasteiger partial charge in [-0.1, -0.05) is 13.8 Å². The van der Waals surface area contributed by atoms with Gasteiger partial charge in [0.1, 0.15) is 11.4 Å². The van der Waals surface area contributed by atoms with Crippen LogP contribution in [0.2, 0.25) is 0 Å². The molecule has 3 atom stereocenters. The molecule has 0 spiro atoms. The van der Waals surface area contributed by atoms with E-state index in [1.54, 1.807) is 7.11 Å². The van der Waals surface area contributed by atoms with Gasteiger partial charge in [0.25, 0.3) is 5.91 Å². The van der Waals surface area contributed by atoms with Gasteiger partial charge in [-0.25, -0.2) is 0 Å². The second-order valence-electron chi connectivity index (χ2n) is 7.68. The van der Waals surface area contributed by atoms with Crippen LogP contribution in [0.25, 0.3) is 10.9 Å². The molecule has 5 heteroatoms. The number of amides is 1. The average Bonchev–Trinajstić information content (AvgIpc) is 2.96. The molecule has 1 aliphatic rings. The van der Waals surface area contributed by atoms with E-state index < -0.39 is 0 Å². The lowest BCUT2D eigenvalue weighted by molar-refractivity contribution is 0.0901. The molecule has 5 nitrogen and oxygen atoms in total. The Hall–Kier alpha value is -2.01. The van der Waals surface area contributed by atoms with Crippen LogP contribution in [0, 0.1) is 11.8 Å². The molecule has 0 aliphatic carbocycles. The predicted molar refractivity (Wildman–Crippen MR) is 101 cm³/mol. The molecule has 2 N–H and O–H groups in total. The van der Waals surface area contributed by atoms with Gasteiger partial charge in [-0.2, -0.15) is 0 Å². The van der Waals surface area contributed by atoms with Crippen LogP contribution in [0.3, 0.4) is 0 Å². The standard InChI is InChI=1S/C20H29N3O2/c1-13-7-14(2)11-23(10-13)12-15(3)21-20(24)19-9-16-8-17(25-4)5-6-18(16)22-19/h5-6,8-9,13-15,22H,7,10-12H2,1-4H3,(H,21,24)/t13-,14+,15-/m0/s1. The number of hydrogen-bond donors (Lipinski definition) is 2. The zero-order valence-corrected chi connectivity index (χ0v) is 15.6. The summed E-state index contributed by atoms with van der Waals surface area (Å²) in [6, 6.07) is 7.76. The van der Waals surface area contributed by atoms with Gasteiger partial charge in [0.2, 0.25) is 0 Å². The van der Waals surface area contributed by atoms with Crippen LogP contribution in [0.4, 0.5) is 0 Å². The summed E-state index contributed by atoms with van der Waals surface area (Å²) in [4.78, 5) is 18.2. The number of H-pyrrole nitrogens is 1. The number of fused-ring (bicyclic) bond motifs is 1. The van der Waals surface area contributed by atoms with Crippen LogP contribution < -0.4 is 10.1 Å². The van der Waals surface area contributed by atoms with E-state index >= 15 is 0 Å². The first-order valence-electron chi connectivity index (χ1n) is 9.14. The molecular formula is C20H29N3O2. The Kier molecular flexibility index (Phi) is 5.33. The molecule has 0 bridgehead atoms. The quantitative estimate of drug-likeness (QED) is 0.876. The van der Waals surface area contributed by atoms with Gasteiger partial charge < -0.3 is 19.9 Å². The van der Waals surface area contributed by atoms with E-state index in [0.717, 1.165) is 48.1 Å². The van der Waals surface area contributed by atoms with Gasteiger partial charge in [0.15, 0.2) is 0 Å². The lowest BCUT2D eigenvalue weighted by Crippen LogP contribution is -2.47. The van der Waals surface area contributed by atoms with Crippen LogP contribution in [0.5, 0.6) is 5.75 Å². The molecule has 0 unspecified atom stereocenters. The van der Waals surface area contributed by atoms with Crippen molar-refractivity contribution in [3.63, 3.8) is 0 Å². The largest absolute Gasteiger partial charge is 0.497 e. The zero-order chi connectivity index (χ0) is 18.0. The Balaban J connectivity index is 1.61. The number of carbonyl (C=O) groups is 1. The number of methoxy groups -OCH3 is 1. The Bertz CT molecular complexity index is 730. The van der Waals surface area contributed by atoms with Crippen molar-refractivity contribution in [1.29, 1.82) is 0 Å². The number of ether oxygens (including phenoxy) is 1. The van der Waals surface area contributed by atoms with E-state index in [1.165, 1.54) is 6.42 Å². The van der Waals surface area contributed by atoms with Gasteiger partial charge >= 0.3 is 0 Å². The first-order chi connectivity index (χ1) is 11.9. The predicted octanol–water partition coefficient (Wildman–Crippen LogP) is 3.27. The Morgan fingerprint density at radius 3 is 2.72 bits per heavy atom. The highest BCUT2D eigenvalue weighted by molar-refractivity contribution is 5.98. The highest BCUT2D eigenvalue weighted by Crippen LogP contribution is 2.22. The summed E-state index contributed by atoms with van der Waals surface area (Å²) < 4.78 is 5.24. The Morgan fingerprint density at radius 1 is 1.32 bits per heavy atom. The fourth-order valence-electron chi connectivity index (χ4n) is 4.04. The zero-order valence-electron chi connectivity index (χ0n) is 15.6. The molecule has 2 heterocycles. The molecule has 1 saturated heterocycles.